The van der Waals surface area contributed by atoms with Crippen LogP contribution in [-0.4, -0.2) is 49.0 Å². The largest absolute Gasteiger partial charge is 0.485 e. The molecule has 1 aliphatic rings. The fraction of sp³-hybridized carbons (Fsp3) is 0.429. The Bertz CT molecular complexity index is 1020. The van der Waals surface area contributed by atoms with Crippen molar-refractivity contribution < 1.29 is 22.7 Å². The van der Waals surface area contributed by atoms with E-state index >= 15 is 0 Å². The molecule has 3 rings (SSSR count). The lowest BCUT2D eigenvalue weighted by molar-refractivity contribution is 0.0916. The van der Waals surface area contributed by atoms with Gasteiger partial charge in [-0.3, -0.25) is 9.59 Å². The number of aromatic amines is 1. The van der Waals surface area contributed by atoms with Gasteiger partial charge >= 0.3 is 0 Å². The van der Waals surface area contributed by atoms with Gasteiger partial charge in [0.1, 0.15) is 5.75 Å². The maximum absolute atomic E-state index is 12.7. The highest BCUT2D eigenvalue weighted by Gasteiger charge is 2.26. The molecule has 2 aromatic rings. The SMILES string of the molecule is CC(=O)c1c(C)[nH]c(C(=O)COc2ccc(S(=O)(=O)N3CCCCC3)cc2)c1C. The number of ether oxygens (including phenoxy) is 1. The van der Waals surface area contributed by atoms with Crippen LogP contribution < -0.4 is 4.74 Å². The van der Waals surface area contributed by atoms with Crippen LogP contribution in [0.25, 0.3) is 0 Å². The molecule has 0 aliphatic carbocycles. The molecule has 1 aromatic heterocycles. The maximum atomic E-state index is 12.7. The lowest BCUT2D eigenvalue weighted by Gasteiger charge is -2.25. The van der Waals surface area contributed by atoms with Gasteiger partial charge in [0, 0.05) is 24.3 Å². The van der Waals surface area contributed by atoms with Crippen molar-refractivity contribution in [3.63, 3.8) is 0 Å². The molecule has 0 atom stereocenters. The van der Waals surface area contributed by atoms with Crippen LogP contribution in [0.5, 0.6) is 5.75 Å². The fourth-order valence-electron chi connectivity index (χ4n) is 3.74. The van der Waals surface area contributed by atoms with Gasteiger partial charge in [0.15, 0.2) is 12.4 Å². The molecule has 0 spiro atoms. The lowest BCUT2D eigenvalue weighted by atomic mass is 10.1. The molecular weight excluding hydrogens is 392 g/mol. The third kappa shape index (κ3) is 4.43. The number of aryl methyl sites for hydroxylation is 1. The van der Waals surface area contributed by atoms with Gasteiger partial charge in [0.25, 0.3) is 0 Å². The summed E-state index contributed by atoms with van der Waals surface area (Å²) in [4.78, 5) is 27.4. The topological polar surface area (TPSA) is 96.5 Å². The van der Waals surface area contributed by atoms with Gasteiger partial charge in [-0.25, -0.2) is 8.42 Å². The quantitative estimate of drug-likeness (QED) is 0.696. The Morgan fingerprint density at radius 3 is 2.24 bits per heavy atom. The number of carbonyl (C=O) groups is 2. The van der Waals surface area contributed by atoms with E-state index in [9.17, 15) is 18.0 Å². The van der Waals surface area contributed by atoms with Crippen LogP contribution in [-0.2, 0) is 10.0 Å². The Kier molecular flexibility index (Phi) is 6.24. The standard InChI is InChI=1S/C21H26N2O5S/c1-14-20(16(3)24)15(2)22-21(14)19(25)13-28-17-7-9-18(10-8-17)29(26,27)23-11-5-4-6-12-23/h7-10,22H,4-6,11-13H2,1-3H3. The number of hydrogen-bond donors (Lipinski definition) is 1. The molecule has 0 saturated carbocycles. The van der Waals surface area contributed by atoms with Crippen molar-refractivity contribution in [3.05, 3.63) is 46.8 Å². The molecule has 7 nitrogen and oxygen atoms in total. The van der Waals surface area contributed by atoms with E-state index in [0.29, 0.717) is 41.4 Å². The third-order valence-corrected chi connectivity index (χ3v) is 7.13. The summed E-state index contributed by atoms with van der Waals surface area (Å²) in [6, 6.07) is 6.11. The summed E-state index contributed by atoms with van der Waals surface area (Å²) in [7, 11) is -3.49. The second-order valence-electron chi connectivity index (χ2n) is 7.33. The molecule has 0 unspecified atom stereocenters. The predicted octanol–water partition coefficient (Wildman–Crippen LogP) is 3.27. The highest BCUT2D eigenvalue weighted by Crippen LogP contribution is 2.23. The van der Waals surface area contributed by atoms with Crippen LogP contribution in [0.1, 0.15) is 58.3 Å². The third-order valence-electron chi connectivity index (χ3n) is 5.21. The fourth-order valence-corrected chi connectivity index (χ4v) is 5.26. The lowest BCUT2D eigenvalue weighted by Crippen LogP contribution is -2.35. The van der Waals surface area contributed by atoms with Crippen LogP contribution in [0.3, 0.4) is 0 Å². The Morgan fingerprint density at radius 2 is 1.69 bits per heavy atom. The molecule has 1 aromatic carbocycles. The van der Waals surface area contributed by atoms with E-state index in [0.717, 1.165) is 19.3 Å². The molecule has 1 aliphatic heterocycles. The first-order valence-corrected chi connectivity index (χ1v) is 11.1. The van der Waals surface area contributed by atoms with Gasteiger partial charge < -0.3 is 9.72 Å². The van der Waals surface area contributed by atoms with E-state index in [1.807, 2.05) is 0 Å². The number of Topliss-reactive ketones (excluding diaryl/α,β-unsaturated/α-hetero) is 2. The first-order chi connectivity index (χ1) is 13.7. The zero-order valence-corrected chi connectivity index (χ0v) is 17.8. The summed E-state index contributed by atoms with van der Waals surface area (Å²) < 4.78 is 32.4. The van der Waals surface area contributed by atoms with Crippen LogP contribution in [0.4, 0.5) is 0 Å². The van der Waals surface area contributed by atoms with Gasteiger partial charge in [-0.05, 0) is 63.4 Å². The summed E-state index contributed by atoms with van der Waals surface area (Å²) in [6.45, 7) is 5.83. The zero-order chi connectivity index (χ0) is 21.2. The summed E-state index contributed by atoms with van der Waals surface area (Å²) in [5.41, 5.74) is 2.16. The minimum absolute atomic E-state index is 0.0956. The Morgan fingerprint density at radius 1 is 1.07 bits per heavy atom. The molecule has 0 radical (unpaired) electrons. The highest BCUT2D eigenvalue weighted by atomic mass is 32.2. The average molecular weight is 419 g/mol. The number of carbonyl (C=O) groups excluding carboxylic acids is 2. The number of aromatic nitrogens is 1. The van der Waals surface area contributed by atoms with E-state index in [1.54, 1.807) is 26.0 Å². The minimum atomic E-state index is -3.49. The monoisotopic (exact) mass is 418 g/mol. The van der Waals surface area contributed by atoms with Crippen LogP contribution in [0.2, 0.25) is 0 Å². The smallest absolute Gasteiger partial charge is 0.243 e. The first-order valence-electron chi connectivity index (χ1n) is 9.68. The van der Waals surface area contributed by atoms with Gasteiger partial charge in [0.05, 0.1) is 10.6 Å². The molecule has 0 amide bonds. The molecule has 2 heterocycles. The van der Waals surface area contributed by atoms with Gasteiger partial charge in [-0.15, -0.1) is 0 Å². The average Bonchev–Trinajstić information content (AvgIpc) is 3.01. The molecule has 8 heteroatoms. The van der Waals surface area contributed by atoms with Crippen LogP contribution in [0, 0.1) is 13.8 Å². The number of rotatable bonds is 7. The van der Waals surface area contributed by atoms with Crippen LogP contribution in [0.15, 0.2) is 29.2 Å². The van der Waals surface area contributed by atoms with Gasteiger partial charge in [-0.2, -0.15) is 4.31 Å². The molecule has 1 fully saturated rings. The van der Waals surface area contributed by atoms with Crippen molar-refractivity contribution in [2.24, 2.45) is 0 Å². The number of piperidine rings is 1. The number of nitrogens with one attached hydrogen (secondary N) is 1. The Labute approximate surface area is 171 Å². The molecule has 156 valence electrons. The first kappa shape index (κ1) is 21.3. The van der Waals surface area contributed by atoms with Gasteiger partial charge in [-0.1, -0.05) is 6.42 Å². The molecule has 1 N–H and O–H groups in total. The van der Waals surface area contributed by atoms with E-state index in [2.05, 4.69) is 4.98 Å². The maximum Gasteiger partial charge on any atom is 0.243 e. The molecular formula is C21H26N2O5S. The van der Waals surface area contributed by atoms with Crippen molar-refractivity contribution in [2.45, 2.75) is 44.9 Å². The van der Waals surface area contributed by atoms with E-state index < -0.39 is 10.0 Å². The van der Waals surface area contributed by atoms with Crippen molar-refractivity contribution in [1.82, 2.24) is 9.29 Å². The highest BCUT2D eigenvalue weighted by molar-refractivity contribution is 7.89. The molecule has 1 saturated heterocycles. The zero-order valence-electron chi connectivity index (χ0n) is 16.9. The Balaban J connectivity index is 1.67. The van der Waals surface area contributed by atoms with E-state index in [1.165, 1.54) is 23.4 Å². The normalized spacial score (nSPS) is 15.3. The number of sulfonamides is 1. The van der Waals surface area contributed by atoms with Gasteiger partial charge in [0.2, 0.25) is 15.8 Å². The summed E-state index contributed by atoms with van der Waals surface area (Å²) >= 11 is 0. The van der Waals surface area contributed by atoms with Crippen molar-refractivity contribution in [1.29, 1.82) is 0 Å². The number of benzene rings is 1. The molecule has 29 heavy (non-hydrogen) atoms. The number of ketones is 2. The predicted molar refractivity (Wildman–Crippen MR) is 109 cm³/mol. The summed E-state index contributed by atoms with van der Waals surface area (Å²) in [5, 5.41) is 0. The van der Waals surface area contributed by atoms with Crippen molar-refractivity contribution in [3.8, 4) is 5.75 Å². The number of hydrogen-bond acceptors (Lipinski definition) is 5. The van der Waals surface area contributed by atoms with Crippen molar-refractivity contribution >= 4 is 21.6 Å². The van der Waals surface area contributed by atoms with Crippen LogP contribution >= 0.6 is 0 Å². The summed E-state index contributed by atoms with van der Waals surface area (Å²) in [6.07, 6.45) is 2.82. The summed E-state index contributed by atoms with van der Waals surface area (Å²) in [5.74, 6) is 0.0357. The second kappa shape index (κ2) is 8.51. The molecule has 0 bridgehead atoms. The minimum Gasteiger partial charge on any atom is -0.485 e. The number of H-pyrrole nitrogens is 1. The second-order valence-corrected chi connectivity index (χ2v) is 9.27. The van der Waals surface area contributed by atoms with E-state index in [-0.39, 0.29) is 23.1 Å². The van der Waals surface area contributed by atoms with Crippen molar-refractivity contribution in [2.75, 3.05) is 19.7 Å². The number of nitrogens with zero attached hydrogens (tertiary/aromatic N) is 1. The van der Waals surface area contributed by atoms with E-state index in [4.69, 9.17) is 4.74 Å². The Hall–Kier alpha value is -2.45.